The van der Waals surface area contributed by atoms with Crippen LogP contribution in [0.2, 0.25) is 5.02 Å². The second kappa shape index (κ2) is 7.00. The summed E-state index contributed by atoms with van der Waals surface area (Å²) in [6.07, 6.45) is 3.71. The number of hydrogen-bond acceptors (Lipinski definition) is 7. The van der Waals surface area contributed by atoms with Crippen molar-refractivity contribution in [3.63, 3.8) is 0 Å². The molecule has 0 unspecified atom stereocenters. The Balaban J connectivity index is 1.54. The Hall–Kier alpha value is -3.10. The van der Waals surface area contributed by atoms with Crippen LogP contribution in [-0.2, 0) is 12.0 Å². The molecule has 0 bridgehead atoms. The maximum Gasteiger partial charge on any atom is 0.257 e. The molecule has 30 heavy (non-hydrogen) atoms. The van der Waals surface area contributed by atoms with Crippen molar-refractivity contribution in [1.29, 1.82) is 5.41 Å². The molecule has 0 saturated carbocycles. The van der Waals surface area contributed by atoms with Gasteiger partial charge in [-0.1, -0.05) is 28.9 Å². The molecular formula is C21H17ClN6OS. The molecule has 7 nitrogen and oxygen atoms in total. The normalized spacial score (nSPS) is 18.2. The van der Waals surface area contributed by atoms with Crippen molar-refractivity contribution >= 4 is 28.8 Å². The van der Waals surface area contributed by atoms with E-state index in [1.807, 2.05) is 37.3 Å². The van der Waals surface area contributed by atoms with Gasteiger partial charge in [0.15, 0.2) is 6.33 Å². The van der Waals surface area contributed by atoms with Crippen LogP contribution in [0.15, 0.2) is 47.4 Å². The Bertz CT molecular complexity index is 1270. The van der Waals surface area contributed by atoms with Crippen LogP contribution in [0.1, 0.15) is 28.9 Å². The van der Waals surface area contributed by atoms with Gasteiger partial charge in [0.1, 0.15) is 11.7 Å². The van der Waals surface area contributed by atoms with E-state index in [0.29, 0.717) is 29.0 Å². The minimum Gasteiger partial charge on any atom is -0.359 e. The number of fused-ring (bicyclic) bond motifs is 1. The van der Waals surface area contributed by atoms with Gasteiger partial charge in [-0.2, -0.15) is 4.98 Å². The number of nitrogens with one attached hydrogen (secondary N) is 2. The largest absolute Gasteiger partial charge is 0.359 e. The van der Waals surface area contributed by atoms with Gasteiger partial charge in [0.2, 0.25) is 0 Å². The summed E-state index contributed by atoms with van der Waals surface area (Å²) in [6, 6.07) is 9.87. The first-order chi connectivity index (χ1) is 14.4. The number of benzene rings is 1. The molecule has 1 aliphatic rings. The van der Waals surface area contributed by atoms with E-state index >= 15 is 0 Å². The van der Waals surface area contributed by atoms with Crippen LogP contribution in [0.25, 0.3) is 21.9 Å². The maximum atomic E-state index is 8.44. The molecule has 1 aromatic carbocycles. The lowest BCUT2D eigenvalue weighted by molar-refractivity contribution is 0.424. The van der Waals surface area contributed by atoms with Gasteiger partial charge in [-0.15, -0.1) is 11.3 Å². The fourth-order valence-corrected chi connectivity index (χ4v) is 5.36. The van der Waals surface area contributed by atoms with Crippen molar-refractivity contribution in [2.24, 2.45) is 0 Å². The van der Waals surface area contributed by atoms with Crippen molar-refractivity contribution in [2.45, 2.75) is 25.8 Å². The van der Waals surface area contributed by atoms with E-state index in [-0.39, 0.29) is 0 Å². The predicted molar refractivity (Wildman–Crippen MR) is 116 cm³/mol. The summed E-state index contributed by atoms with van der Waals surface area (Å²) in [5.41, 5.74) is 2.92. The van der Waals surface area contributed by atoms with Crippen LogP contribution >= 0.6 is 22.9 Å². The standard InChI is InChI=1S/C21H17ClN6OS/c1-11-24-9-14-16(27-11)8-21(2,28-19(14)23)18-15(22)7-17(30-18)12-4-3-5-13(6-12)20-25-10-26-29-20/h3-7,9-10H,8H2,1-2H3,(H2,23,28)/t21-/m0/s1. The predicted octanol–water partition coefficient (Wildman–Crippen LogP) is 4.60. The van der Waals surface area contributed by atoms with Crippen LogP contribution < -0.4 is 5.32 Å². The first-order valence-corrected chi connectivity index (χ1v) is 10.5. The highest BCUT2D eigenvalue weighted by atomic mass is 35.5. The minimum atomic E-state index is -0.533. The first-order valence-electron chi connectivity index (χ1n) is 9.30. The molecule has 2 N–H and O–H groups in total. The molecule has 0 radical (unpaired) electrons. The Labute approximate surface area is 181 Å². The van der Waals surface area contributed by atoms with E-state index in [9.17, 15) is 0 Å². The monoisotopic (exact) mass is 436 g/mol. The summed E-state index contributed by atoms with van der Waals surface area (Å²) < 4.78 is 5.18. The van der Waals surface area contributed by atoms with Crippen molar-refractivity contribution in [2.75, 3.05) is 0 Å². The highest BCUT2D eigenvalue weighted by molar-refractivity contribution is 7.16. The molecule has 0 spiro atoms. The second-order valence-electron chi connectivity index (χ2n) is 7.40. The van der Waals surface area contributed by atoms with Gasteiger partial charge in [0.25, 0.3) is 5.89 Å². The molecule has 0 aliphatic carbocycles. The van der Waals surface area contributed by atoms with Gasteiger partial charge < -0.3 is 9.84 Å². The molecule has 3 aromatic heterocycles. The Morgan fingerprint density at radius 3 is 2.87 bits per heavy atom. The van der Waals surface area contributed by atoms with Gasteiger partial charge >= 0.3 is 0 Å². The Morgan fingerprint density at radius 1 is 1.23 bits per heavy atom. The van der Waals surface area contributed by atoms with Gasteiger partial charge in [0.05, 0.1) is 21.8 Å². The van der Waals surface area contributed by atoms with E-state index in [1.165, 1.54) is 6.33 Å². The average molecular weight is 437 g/mol. The lowest BCUT2D eigenvalue weighted by atomic mass is 9.87. The molecule has 1 atom stereocenters. The number of hydrogen-bond donors (Lipinski definition) is 2. The summed E-state index contributed by atoms with van der Waals surface area (Å²) in [4.78, 5) is 14.9. The Kier molecular flexibility index (Phi) is 4.41. The zero-order valence-corrected chi connectivity index (χ0v) is 17.8. The molecule has 4 heterocycles. The Morgan fingerprint density at radius 2 is 2.07 bits per heavy atom. The van der Waals surface area contributed by atoms with Gasteiger partial charge in [-0.3, -0.25) is 5.41 Å². The van der Waals surface area contributed by atoms with Crippen LogP contribution in [0.3, 0.4) is 0 Å². The van der Waals surface area contributed by atoms with Crippen LogP contribution in [-0.4, -0.2) is 25.9 Å². The van der Waals surface area contributed by atoms with E-state index < -0.39 is 5.54 Å². The fourth-order valence-electron chi connectivity index (χ4n) is 3.71. The SMILES string of the molecule is Cc1ncc2c(n1)C[C@@](C)(c1sc(-c3cccc(-c4ncno4)c3)cc1Cl)NC2=N. The molecule has 0 fully saturated rings. The second-order valence-corrected chi connectivity index (χ2v) is 8.86. The van der Waals surface area contributed by atoms with Crippen LogP contribution in [0, 0.1) is 12.3 Å². The summed E-state index contributed by atoms with van der Waals surface area (Å²) in [7, 11) is 0. The summed E-state index contributed by atoms with van der Waals surface area (Å²) in [6.45, 7) is 3.91. The number of aryl methyl sites for hydroxylation is 1. The average Bonchev–Trinajstić information content (AvgIpc) is 3.38. The molecular weight excluding hydrogens is 420 g/mol. The fraction of sp³-hybridized carbons (Fsp3) is 0.190. The lowest BCUT2D eigenvalue weighted by Gasteiger charge is -2.36. The molecule has 5 rings (SSSR count). The number of rotatable bonds is 3. The molecule has 0 saturated heterocycles. The zero-order valence-electron chi connectivity index (χ0n) is 16.2. The van der Waals surface area contributed by atoms with Crippen LogP contribution in [0.5, 0.6) is 0 Å². The van der Waals surface area contributed by atoms with Crippen molar-refractivity contribution in [3.8, 4) is 21.9 Å². The molecule has 1 aliphatic heterocycles. The highest BCUT2D eigenvalue weighted by Crippen LogP contribution is 2.43. The third-order valence-electron chi connectivity index (χ3n) is 5.12. The summed E-state index contributed by atoms with van der Waals surface area (Å²) in [5, 5.41) is 16.1. The number of aromatic nitrogens is 4. The first kappa shape index (κ1) is 18.9. The zero-order chi connectivity index (χ0) is 20.9. The van der Waals surface area contributed by atoms with Crippen molar-refractivity contribution in [3.05, 3.63) is 69.8 Å². The van der Waals surface area contributed by atoms with Gasteiger partial charge in [-0.25, -0.2) is 9.97 Å². The maximum absolute atomic E-state index is 8.44. The van der Waals surface area contributed by atoms with Gasteiger partial charge in [-0.05, 0) is 37.6 Å². The van der Waals surface area contributed by atoms with Crippen LogP contribution in [0.4, 0.5) is 0 Å². The molecule has 150 valence electrons. The third kappa shape index (κ3) is 3.18. The van der Waals surface area contributed by atoms with Gasteiger partial charge in [0, 0.05) is 27.9 Å². The summed E-state index contributed by atoms with van der Waals surface area (Å²) in [5.74, 6) is 1.48. The van der Waals surface area contributed by atoms with E-state index in [1.54, 1.807) is 17.5 Å². The molecule has 0 amide bonds. The van der Waals surface area contributed by atoms with Crippen molar-refractivity contribution in [1.82, 2.24) is 25.4 Å². The smallest absolute Gasteiger partial charge is 0.257 e. The minimum absolute atomic E-state index is 0.308. The number of nitrogens with zero attached hydrogens (tertiary/aromatic N) is 4. The van der Waals surface area contributed by atoms with Crippen molar-refractivity contribution < 1.29 is 4.52 Å². The third-order valence-corrected chi connectivity index (χ3v) is 6.98. The lowest BCUT2D eigenvalue weighted by Crippen LogP contribution is -2.49. The topological polar surface area (TPSA) is 101 Å². The highest BCUT2D eigenvalue weighted by Gasteiger charge is 2.38. The van der Waals surface area contributed by atoms with E-state index in [4.69, 9.17) is 21.5 Å². The van der Waals surface area contributed by atoms with E-state index in [0.717, 1.165) is 32.1 Å². The van der Waals surface area contributed by atoms with E-state index in [2.05, 4.69) is 32.3 Å². The number of thiophene rings is 1. The number of amidine groups is 1. The molecule has 9 heteroatoms. The quantitative estimate of drug-likeness (QED) is 0.486. The number of halogens is 1. The summed E-state index contributed by atoms with van der Waals surface area (Å²) >= 11 is 8.29. The molecule has 4 aromatic rings.